The van der Waals surface area contributed by atoms with E-state index in [0.29, 0.717) is 13.0 Å². The Morgan fingerprint density at radius 3 is 2.56 bits per heavy atom. The topological polar surface area (TPSA) is 95.2 Å². The first kappa shape index (κ1) is 16.2. The predicted molar refractivity (Wildman–Crippen MR) is 97.2 cm³/mol. The Hall–Kier alpha value is -2.96. The second-order valence-electron chi connectivity index (χ2n) is 7.56. The number of allylic oxidation sites excluding steroid dienone is 2. The molecule has 4 atom stereocenters. The molecule has 0 spiro atoms. The van der Waals surface area contributed by atoms with Crippen LogP contribution in [0.25, 0.3) is 11.0 Å². The average Bonchev–Trinajstić information content (AvgIpc) is 3.41. The third kappa shape index (κ3) is 2.57. The smallest absolute Gasteiger partial charge is 0.240 e. The van der Waals surface area contributed by atoms with Crippen molar-refractivity contribution in [2.45, 2.75) is 12.8 Å². The standard InChI is InChI=1S/C20H20N4O3/c25-16(21-8-7-15-22-13-3-1-2-4-14(13)23-15)10-24-19(26)17-11-5-6-12(9-11)18(17)20(24)27/h1-6,11-12,17-18H,7-10H2,(H,21,25)(H,22,23). The highest BCUT2D eigenvalue weighted by molar-refractivity contribution is 6.08. The van der Waals surface area contributed by atoms with Gasteiger partial charge in [0.25, 0.3) is 0 Å². The van der Waals surface area contributed by atoms with Crippen LogP contribution in [-0.4, -0.2) is 45.7 Å². The van der Waals surface area contributed by atoms with Gasteiger partial charge in [-0.05, 0) is 30.4 Å². The Kier molecular flexibility index (Phi) is 3.63. The summed E-state index contributed by atoms with van der Waals surface area (Å²) in [7, 11) is 0. The van der Waals surface area contributed by atoms with Gasteiger partial charge in [0.05, 0.1) is 22.9 Å². The van der Waals surface area contributed by atoms with E-state index in [2.05, 4.69) is 15.3 Å². The molecule has 5 rings (SSSR count). The maximum absolute atomic E-state index is 12.6. The van der Waals surface area contributed by atoms with E-state index in [1.165, 1.54) is 0 Å². The van der Waals surface area contributed by atoms with Gasteiger partial charge in [-0.1, -0.05) is 24.3 Å². The molecule has 27 heavy (non-hydrogen) atoms. The highest BCUT2D eigenvalue weighted by atomic mass is 16.2. The van der Waals surface area contributed by atoms with E-state index in [1.54, 1.807) is 0 Å². The fourth-order valence-electron chi connectivity index (χ4n) is 4.76. The molecule has 3 amide bonds. The number of amides is 3. The minimum absolute atomic E-state index is 0.164. The highest BCUT2D eigenvalue weighted by Crippen LogP contribution is 2.52. The summed E-state index contributed by atoms with van der Waals surface area (Å²) in [6.07, 6.45) is 5.55. The quantitative estimate of drug-likeness (QED) is 0.612. The van der Waals surface area contributed by atoms with Crippen LogP contribution >= 0.6 is 0 Å². The number of hydrogen-bond donors (Lipinski definition) is 2. The van der Waals surface area contributed by atoms with E-state index in [0.717, 1.165) is 28.2 Å². The number of benzene rings is 1. The number of imide groups is 1. The first-order chi connectivity index (χ1) is 13.1. The minimum Gasteiger partial charge on any atom is -0.354 e. The number of fused-ring (bicyclic) bond motifs is 6. The van der Waals surface area contributed by atoms with Gasteiger partial charge in [0.1, 0.15) is 12.4 Å². The van der Waals surface area contributed by atoms with Gasteiger partial charge in [0.15, 0.2) is 0 Å². The SMILES string of the molecule is O=C(CN1C(=O)C2C3C=CC(C3)C2C1=O)NCCc1nc2ccccc2[nH]1. The van der Waals surface area contributed by atoms with Crippen LogP contribution in [0, 0.1) is 23.7 Å². The molecule has 2 fully saturated rings. The van der Waals surface area contributed by atoms with Crippen molar-refractivity contribution in [3.05, 3.63) is 42.2 Å². The molecule has 1 aromatic carbocycles. The van der Waals surface area contributed by atoms with Gasteiger partial charge in [0, 0.05) is 13.0 Å². The van der Waals surface area contributed by atoms with Crippen molar-refractivity contribution in [1.82, 2.24) is 20.2 Å². The molecule has 1 saturated heterocycles. The van der Waals surface area contributed by atoms with Crippen molar-refractivity contribution in [2.75, 3.05) is 13.1 Å². The summed E-state index contributed by atoms with van der Waals surface area (Å²) >= 11 is 0. The maximum atomic E-state index is 12.6. The second-order valence-corrected chi connectivity index (χ2v) is 7.56. The number of aromatic amines is 1. The number of nitrogens with one attached hydrogen (secondary N) is 2. The zero-order valence-electron chi connectivity index (χ0n) is 14.7. The Bertz CT molecular complexity index is 916. The molecule has 4 unspecified atom stereocenters. The van der Waals surface area contributed by atoms with Gasteiger partial charge in [-0.3, -0.25) is 19.3 Å². The van der Waals surface area contributed by atoms with E-state index >= 15 is 0 Å². The molecule has 2 bridgehead atoms. The van der Waals surface area contributed by atoms with Crippen LogP contribution in [-0.2, 0) is 20.8 Å². The fourth-order valence-corrected chi connectivity index (χ4v) is 4.76. The van der Waals surface area contributed by atoms with Crippen LogP contribution in [0.5, 0.6) is 0 Å². The Balaban J connectivity index is 1.17. The Labute approximate surface area is 155 Å². The molecule has 0 radical (unpaired) electrons. The van der Waals surface area contributed by atoms with Crippen molar-refractivity contribution >= 4 is 28.8 Å². The summed E-state index contributed by atoms with van der Waals surface area (Å²) in [5.74, 6) is -0.0689. The molecule has 2 N–H and O–H groups in total. The van der Waals surface area contributed by atoms with Crippen LogP contribution < -0.4 is 5.32 Å². The number of aromatic nitrogens is 2. The lowest BCUT2D eigenvalue weighted by molar-refractivity contribution is -0.144. The van der Waals surface area contributed by atoms with Crippen molar-refractivity contribution in [3.63, 3.8) is 0 Å². The van der Waals surface area contributed by atoms with Crippen LogP contribution in [0.15, 0.2) is 36.4 Å². The number of hydrogen-bond acceptors (Lipinski definition) is 4. The molecular weight excluding hydrogens is 344 g/mol. The summed E-state index contributed by atoms with van der Waals surface area (Å²) in [4.78, 5) is 46.3. The molecule has 3 aliphatic rings. The fraction of sp³-hybridized carbons (Fsp3) is 0.400. The number of carbonyl (C=O) groups is 3. The summed E-state index contributed by atoms with van der Waals surface area (Å²) in [5.41, 5.74) is 1.85. The van der Waals surface area contributed by atoms with Crippen LogP contribution in [0.4, 0.5) is 0 Å². The number of nitrogens with zero attached hydrogens (tertiary/aromatic N) is 2. The van der Waals surface area contributed by atoms with E-state index in [1.807, 2.05) is 36.4 Å². The van der Waals surface area contributed by atoms with Crippen LogP contribution in [0.2, 0.25) is 0 Å². The van der Waals surface area contributed by atoms with Gasteiger partial charge in [-0.2, -0.15) is 0 Å². The number of imidazole rings is 1. The van der Waals surface area contributed by atoms with Crippen LogP contribution in [0.3, 0.4) is 0 Å². The molecule has 1 saturated carbocycles. The summed E-state index contributed by atoms with van der Waals surface area (Å²) < 4.78 is 0. The second kappa shape index (κ2) is 6.04. The largest absolute Gasteiger partial charge is 0.354 e. The monoisotopic (exact) mass is 364 g/mol. The van der Waals surface area contributed by atoms with Gasteiger partial charge >= 0.3 is 0 Å². The summed E-state index contributed by atoms with van der Waals surface area (Å²) in [6, 6.07) is 7.74. The lowest BCUT2D eigenvalue weighted by Crippen LogP contribution is -2.42. The Morgan fingerprint density at radius 2 is 1.85 bits per heavy atom. The van der Waals surface area contributed by atoms with Crippen molar-refractivity contribution in [3.8, 4) is 0 Å². The Morgan fingerprint density at radius 1 is 1.15 bits per heavy atom. The molecule has 138 valence electrons. The minimum atomic E-state index is -0.312. The normalized spacial score (nSPS) is 28.4. The van der Waals surface area contributed by atoms with Gasteiger partial charge in [0.2, 0.25) is 17.7 Å². The van der Waals surface area contributed by atoms with Gasteiger partial charge in [-0.15, -0.1) is 0 Å². The molecule has 2 heterocycles. The lowest BCUT2D eigenvalue weighted by atomic mass is 9.85. The number of para-hydroxylation sites is 2. The van der Waals surface area contributed by atoms with E-state index < -0.39 is 0 Å². The van der Waals surface area contributed by atoms with Gasteiger partial charge < -0.3 is 10.3 Å². The average molecular weight is 364 g/mol. The predicted octanol–water partition coefficient (Wildman–Crippen LogP) is 1.03. The number of H-pyrrole nitrogens is 1. The molecule has 7 nitrogen and oxygen atoms in total. The third-order valence-corrected chi connectivity index (χ3v) is 5.99. The van der Waals surface area contributed by atoms with E-state index in [4.69, 9.17) is 0 Å². The zero-order chi connectivity index (χ0) is 18.5. The zero-order valence-corrected chi connectivity index (χ0v) is 14.7. The lowest BCUT2D eigenvalue weighted by Gasteiger charge is -2.16. The maximum Gasteiger partial charge on any atom is 0.240 e. The van der Waals surface area contributed by atoms with Crippen molar-refractivity contribution in [2.24, 2.45) is 23.7 Å². The first-order valence-electron chi connectivity index (χ1n) is 9.35. The molecule has 2 aromatic rings. The first-order valence-corrected chi connectivity index (χ1v) is 9.35. The molecule has 7 heteroatoms. The molecular formula is C20H20N4O3. The van der Waals surface area contributed by atoms with Crippen LogP contribution in [0.1, 0.15) is 12.2 Å². The molecule has 1 aliphatic heterocycles. The number of likely N-dealkylation sites (tertiary alicyclic amines) is 1. The summed E-state index contributed by atoms with van der Waals surface area (Å²) in [5, 5.41) is 2.79. The molecule has 2 aliphatic carbocycles. The van der Waals surface area contributed by atoms with Crippen molar-refractivity contribution < 1.29 is 14.4 Å². The molecule has 1 aromatic heterocycles. The van der Waals surface area contributed by atoms with Crippen molar-refractivity contribution in [1.29, 1.82) is 0 Å². The third-order valence-electron chi connectivity index (χ3n) is 5.99. The summed E-state index contributed by atoms with van der Waals surface area (Å²) in [6.45, 7) is 0.207. The number of rotatable bonds is 5. The van der Waals surface area contributed by atoms with Gasteiger partial charge in [-0.25, -0.2) is 4.98 Å². The highest BCUT2D eigenvalue weighted by Gasteiger charge is 2.59. The van der Waals surface area contributed by atoms with E-state index in [-0.39, 0.29) is 47.9 Å². The number of carbonyl (C=O) groups excluding carboxylic acids is 3. The van der Waals surface area contributed by atoms with E-state index in [9.17, 15) is 14.4 Å².